The second-order valence-corrected chi connectivity index (χ2v) is 5.47. The normalized spacial score (nSPS) is 13.9. The van der Waals surface area contributed by atoms with Gasteiger partial charge < -0.3 is 15.4 Å². The van der Waals surface area contributed by atoms with Gasteiger partial charge in [0.05, 0.1) is 24.0 Å². The third-order valence-corrected chi connectivity index (χ3v) is 3.71. The molecule has 0 bridgehead atoms. The third kappa shape index (κ3) is 3.73. The van der Waals surface area contributed by atoms with Crippen LogP contribution in [0.15, 0.2) is 24.3 Å². The highest BCUT2D eigenvalue weighted by atomic mass is 19.4. The molecule has 1 aliphatic rings. The smallest absolute Gasteiger partial charge is 0.405 e. The second-order valence-electron chi connectivity index (χ2n) is 5.47. The van der Waals surface area contributed by atoms with Crippen molar-refractivity contribution < 1.29 is 27.5 Å². The summed E-state index contributed by atoms with van der Waals surface area (Å²) in [6.07, 6.45) is -1.91. The Bertz CT molecular complexity index is 870. The van der Waals surface area contributed by atoms with E-state index in [4.69, 9.17) is 5.73 Å². The van der Waals surface area contributed by atoms with Gasteiger partial charge in [0.1, 0.15) is 5.75 Å². The first-order valence-corrected chi connectivity index (χ1v) is 7.46. The van der Waals surface area contributed by atoms with E-state index in [0.717, 1.165) is 6.07 Å². The van der Waals surface area contributed by atoms with Crippen molar-refractivity contribution in [3.63, 3.8) is 0 Å². The number of benzene rings is 1. The average Bonchev–Trinajstić information content (AvgIpc) is 2.59. The fourth-order valence-electron chi connectivity index (χ4n) is 2.55. The molecule has 1 aromatic heterocycles. The van der Waals surface area contributed by atoms with Crippen LogP contribution in [0.3, 0.4) is 0 Å². The standard InChI is InChI=1S/C16H12F3N4O3/c17-16(18,19)26-12-4-2-1-3-10(12)15(25)23-6-5-9-7-21-14(13(20)24)22-11(9)8-23/h1-4H,5-6,8H2,(H2,20,24). The van der Waals surface area contributed by atoms with Gasteiger partial charge in [-0.05, 0) is 18.6 Å². The van der Waals surface area contributed by atoms with Gasteiger partial charge in [-0.1, -0.05) is 12.1 Å². The number of nitrogens with two attached hydrogens (primary N) is 1. The van der Waals surface area contributed by atoms with E-state index in [0.29, 0.717) is 17.7 Å². The first-order valence-electron chi connectivity index (χ1n) is 7.46. The molecule has 0 fully saturated rings. The Morgan fingerprint density at radius 3 is 2.69 bits per heavy atom. The minimum Gasteiger partial charge on any atom is -0.405 e. The van der Waals surface area contributed by atoms with E-state index >= 15 is 0 Å². The minimum atomic E-state index is -4.91. The number of rotatable bonds is 3. The maximum atomic E-state index is 12.7. The predicted octanol–water partition coefficient (Wildman–Crippen LogP) is 1.47. The topological polar surface area (TPSA) is 98.4 Å². The highest BCUT2D eigenvalue weighted by molar-refractivity contribution is 5.97. The number of para-hydroxylation sites is 1. The zero-order chi connectivity index (χ0) is 18.9. The van der Waals surface area contributed by atoms with Gasteiger partial charge in [0.25, 0.3) is 11.8 Å². The van der Waals surface area contributed by atoms with Crippen LogP contribution in [0, 0.1) is 6.20 Å². The van der Waals surface area contributed by atoms with E-state index in [1.165, 1.54) is 23.1 Å². The molecular formula is C16H12F3N4O3. The van der Waals surface area contributed by atoms with Gasteiger partial charge in [0, 0.05) is 12.1 Å². The summed E-state index contributed by atoms with van der Waals surface area (Å²) in [5.41, 5.74) is 5.90. The van der Waals surface area contributed by atoms with Crippen LogP contribution < -0.4 is 10.5 Å². The van der Waals surface area contributed by atoms with Gasteiger partial charge >= 0.3 is 6.36 Å². The molecule has 0 unspecified atom stereocenters. The minimum absolute atomic E-state index is 0.00613. The summed E-state index contributed by atoms with van der Waals surface area (Å²) in [5.74, 6) is -2.30. The molecule has 2 amide bonds. The monoisotopic (exact) mass is 365 g/mol. The van der Waals surface area contributed by atoms with E-state index in [1.54, 1.807) is 0 Å². The van der Waals surface area contributed by atoms with Crippen LogP contribution in [-0.2, 0) is 13.0 Å². The van der Waals surface area contributed by atoms with Gasteiger partial charge in [0.15, 0.2) is 0 Å². The van der Waals surface area contributed by atoms with Gasteiger partial charge in [-0.3, -0.25) is 9.59 Å². The molecule has 1 aromatic carbocycles. The molecule has 26 heavy (non-hydrogen) atoms. The second kappa shape index (κ2) is 6.62. The number of fused-ring (bicyclic) bond motifs is 1. The van der Waals surface area contributed by atoms with Crippen LogP contribution in [-0.4, -0.2) is 39.6 Å². The number of hydrogen-bond acceptors (Lipinski definition) is 5. The number of carbonyl (C=O) groups is 2. The van der Waals surface area contributed by atoms with Crippen molar-refractivity contribution in [2.45, 2.75) is 19.3 Å². The first-order chi connectivity index (χ1) is 12.2. The van der Waals surface area contributed by atoms with E-state index in [9.17, 15) is 22.8 Å². The molecular weight excluding hydrogens is 353 g/mol. The van der Waals surface area contributed by atoms with E-state index in [1.807, 2.05) is 0 Å². The van der Waals surface area contributed by atoms with Crippen molar-refractivity contribution in [1.82, 2.24) is 14.9 Å². The molecule has 0 saturated heterocycles. The molecule has 1 radical (unpaired) electrons. The van der Waals surface area contributed by atoms with Gasteiger partial charge in [-0.2, -0.15) is 0 Å². The summed E-state index contributed by atoms with van der Waals surface area (Å²) in [6, 6.07) is 5.10. The SMILES string of the molecule is NC(=O)c1n[c]c2c(n1)CN(C(=O)c1ccccc1OC(F)(F)F)CC2. The van der Waals surface area contributed by atoms with Crippen LogP contribution in [0.2, 0.25) is 0 Å². The van der Waals surface area contributed by atoms with Crippen molar-refractivity contribution in [3.05, 3.63) is 53.1 Å². The van der Waals surface area contributed by atoms with Crippen molar-refractivity contribution in [2.24, 2.45) is 5.73 Å². The predicted molar refractivity (Wildman–Crippen MR) is 81.0 cm³/mol. The summed E-state index contributed by atoms with van der Waals surface area (Å²) in [7, 11) is 0. The Balaban J connectivity index is 1.86. The number of halogens is 3. The maximum Gasteiger partial charge on any atom is 0.573 e. The molecule has 3 rings (SSSR count). The molecule has 0 atom stereocenters. The number of nitrogens with zero attached hydrogens (tertiary/aromatic N) is 3. The molecule has 135 valence electrons. The molecule has 0 spiro atoms. The largest absolute Gasteiger partial charge is 0.573 e. The number of alkyl halides is 3. The number of hydrogen-bond donors (Lipinski definition) is 1. The zero-order valence-electron chi connectivity index (χ0n) is 13.2. The Kier molecular flexibility index (Phi) is 4.49. The lowest BCUT2D eigenvalue weighted by molar-refractivity contribution is -0.274. The van der Waals surface area contributed by atoms with Crippen molar-refractivity contribution in [1.29, 1.82) is 0 Å². The molecule has 1 aliphatic heterocycles. The van der Waals surface area contributed by atoms with Crippen LogP contribution in [0.4, 0.5) is 13.2 Å². The molecule has 2 aromatic rings. The maximum absolute atomic E-state index is 12.7. The Hall–Kier alpha value is -3.17. The van der Waals surface area contributed by atoms with Crippen molar-refractivity contribution in [2.75, 3.05) is 6.54 Å². The van der Waals surface area contributed by atoms with Gasteiger partial charge in [-0.25, -0.2) is 9.97 Å². The van der Waals surface area contributed by atoms with Crippen LogP contribution in [0.25, 0.3) is 0 Å². The fraction of sp³-hybridized carbons (Fsp3) is 0.250. The van der Waals surface area contributed by atoms with Gasteiger partial charge in [0.2, 0.25) is 5.82 Å². The van der Waals surface area contributed by atoms with Crippen LogP contribution in [0.5, 0.6) is 5.75 Å². The lowest BCUT2D eigenvalue weighted by atomic mass is 10.1. The van der Waals surface area contributed by atoms with E-state index < -0.39 is 23.9 Å². The Labute approximate surface area is 145 Å². The van der Waals surface area contributed by atoms with Gasteiger partial charge in [-0.15, -0.1) is 13.2 Å². The summed E-state index contributed by atoms with van der Waals surface area (Å²) >= 11 is 0. The number of ether oxygens (including phenoxy) is 1. The number of primary amides is 1. The zero-order valence-corrected chi connectivity index (χ0v) is 13.2. The quantitative estimate of drug-likeness (QED) is 0.888. The van der Waals surface area contributed by atoms with E-state index in [-0.39, 0.29) is 24.5 Å². The molecule has 2 N–H and O–H groups in total. The van der Waals surface area contributed by atoms with E-state index in [2.05, 4.69) is 20.9 Å². The number of carbonyl (C=O) groups excluding carboxylic acids is 2. The summed E-state index contributed by atoms with van der Waals surface area (Å²) in [4.78, 5) is 32.9. The lowest BCUT2D eigenvalue weighted by Crippen LogP contribution is -2.37. The number of amides is 2. The first kappa shape index (κ1) is 17.6. The van der Waals surface area contributed by atoms with Crippen LogP contribution in [0.1, 0.15) is 32.2 Å². The summed E-state index contributed by atoms with van der Waals surface area (Å²) in [5, 5.41) is 0. The number of aromatic nitrogens is 2. The molecule has 2 heterocycles. The average molecular weight is 365 g/mol. The highest BCUT2D eigenvalue weighted by Crippen LogP contribution is 2.28. The highest BCUT2D eigenvalue weighted by Gasteiger charge is 2.34. The molecule has 10 heteroatoms. The summed E-state index contributed by atoms with van der Waals surface area (Å²) in [6.45, 7) is 0.232. The molecule has 0 saturated carbocycles. The fourth-order valence-corrected chi connectivity index (χ4v) is 2.55. The van der Waals surface area contributed by atoms with Crippen molar-refractivity contribution >= 4 is 11.8 Å². The van der Waals surface area contributed by atoms with Crippen molar-refractivity contribution in [3.8, 4) is 5.75 Å². The Morgan fingerprint density at radius 2 is 2.00 bits per heavy atom. The molecule has 7 nitrogen and oxygen atoms in total. The Morgan fingerprint density at radius 1 is 1.27 bits per heavy atom. The third-order valence-electron chi connectivity index (χ3n) is 3.71. The molecule has 0 aliphatic carbocycles. The summed E-state index contributed by atoms with van der Waals surface area (Å²) < 4.78 is 41.5. The van der Waals surface area contributed by atoms with Crippen LogP contribution >= 0.6 is 0 Å². The lowest BCUT2D eigenvalue weighted by Gasteiger charge is -2.28.